The maximum atomic E-state index is 11.9. The molecule has 0 aliphatic carbocycles. The number of nitrogens with zero attached hydrogens (tertiary/aromatic N) is 1. The van der Waals surface area contributed by atoms with Crippen LogP contribution >= 0.6 is 0 Å². The van der Waals surface area contributed by atoms with E-state index < -0.39 is 8.80 Å². The lowest BCUT2D eigenvalue weighted by Crippen LogP contribution is -2.43. The first-order chi connectivity index (χ1) is 12.6. The van der Waals surface area contributed by atoms with Gasteiger partial charge in [-0.2, -0.15) is 0 Å². The van der Waals surface area contributed by atoms with Crippen molar-refractivity contribution in [1.29, 1.82) is 0 Å². The highest BCUT2D eigenvalue weighted by atomic mass is 28.4. The largest absolute Gasteiger partial charge is 0.500 e. The minimum Gasteiger partial charge on any atom is -0.377 e. The van der Waals surface area contributed by atoms with E-state index in [9.17, 15) is 9.59 Å². The summed E-state index contributed by atoms with van der Waals surface area (Å²) in [4.78, 5) is 26.3. The zero-order valence-electron chi connectivity index (χ0n) is 16.8. The third kappa shape index (κ3) is 11.5. The van der Waals surface area contributed by atoms with E-state index in [2.05, 4.69) is 17.2 Å². The van der Waals surface area contributed by atoms with Gasteiger partial charge in [-0.25, -0.2) is 9.79 Å². The smallest absolute Gasteiger partial charge is 0.377 e. The van der Waals surface area contributed by atoms with E-state index in [4.69, 9.17) is 13.3 Å². The molecule has 0 aliphatic heterocycles. The summed E-state index contributed by atoms with van der Waals surface area (Å²) in [6.07, 6.45) is 9.85. The number of amides is 1. The number of nitrogens with one attached hydrogen (secondary N) is 1. The summed E-state index contributed by atoms with van der Waals surface area (Å²) < 4.78 is 16.0. The number of carbonyl (C=O) groups is 1. The second-order valence-electron chi connectivity index (χ2n) is 6.36. The summed E-state index contributed by atoms with van der Waals surface area (Å²) in [6.45, 7) is 2.73. The van der Waals surface area contributed by atoms with E-state index in [1.165, 1.54) is 12.8 Å². The van der Waals surface area contributed by atoms with Gasteiger partial charge in [0.15, 0.2) is 0 Å². The number of carbonyl (C=O) groups excluding carboxylic acids is 2. The van der Waals surface area contributed by atoms with Crippen LogP contribution in [0, 0.1) is 0 Å². The molecule has 26 heavy (non-hydrogen) atoms. The quantitative estimate of drug-likeness (QED) is 0.179. The van der Waals surface area contributed by atoms with Crippen LogP contribution in [0.3, 0.4) is 0 Å². The molecule has 0 fully saturated rings. The second-order valence-corrected chi connectivity index (χ2v) is 9.46. The summed E-state index contributed by atoms with van der Waals surface area (Å²) in [7, 11) is 2.19. The van der Waals surface area contributed by atoms with Crippen LogP contribution in [0.2, 0.25) is 6.04 Å². The van der Waals surface area contributed by atoms with Gasteiger partial charge >= 0.3 is 8.80 Å². The first-order valence-corrected chi connectivity index (χ1v) is 11.5. The van der Waals surface area contributed by atoms with Crippen LogP contribution in [0.4, 0.5) is 0 Å². The lowest BCUT2D eigenvalue weighted by atomic mass is 10.0. The molecule has 1 amide bonds. The fourth-order valence-corrected chi connectivity index (χ4v) is 4.55. The maximum Gasteiger partial charge on any atom is 0.500 e. The predicted molar refractivity (Wildman–Crippen MR) is 104 cm³/mol. The number of unbranched alkanes of at least 4 members (excludes halogenated alkanes) is 3. The third-order valence-corrected chi connectivity index (χ3v) is 7.31. The average Bonchev–Trinajstić information content (AvgIpc) is 2.66. The van der Waals surface area contributed by atoms with Gasteiger partial charge < -0.3 is 18.6 Å². The van der Waals surface area contributed by atoms with Crippen molar-refractivity contribution in [2.45, 2.75) is 76.8 Å². The number of hydrogen-bond acceptors (Lipinski definition) is 6. The topological polar surface area (TPSA) is 86.2 Å². The van der Waals surface area contributed by atoms with Gasteiger partial charge in [-0.15, -0.1) is 0 Å². The summed E-state index contributed by atoms with van der Waals surface area (Å²) >= 11 is 0. The Balaban J connectivity index is 3.93. The highest BCUT2D eigenvalue weighted by Gasteiger charge is 2.36. The fourth-order valence-electron chi connectivity index (χ4n) is 2.83. The highest BCUT2D eigenvalue weighted by molar-refractivity contribution is 6.60. The highest BCUT2D eigenvalue weighted by Crippen LogP contribution is 2.15. The van der Waals surface area contributed by atoms with E-state index in [-0.39, 0.29) is 11.9 Å². The molecule has 0 aromatic carbocycles. The van der Waals surface area contributed by atoms with E-state index in [0.29, 0.717) is 19.0 Å². The Bertz CT molecular complexity index is 404. The van der Waals surface area contributed by atoms with Crippen LogP contribution in [0.15, 0.2) is 4.99 Å². The van der Waals surface area contributed by atoms with Crippen LogP contribution in [0.5, 0.6) is 0 Å². The van der Waals surface area contributed by atoms with Crippen molar-refractivity contribution in [1.82, 2.24) is 5.32 Å². The zero-order valence-corrected chi connectivity index (χ0v) is 17.8. The first-order valence-electron chi connectivity index (χ1n) is 9.56. The lowest BCUT2D eigenvalue weighted by molar-refractivity contribution is -0.121. The van der Waals surface area contributed by atoms with Crippen LogP contribution in [-0.2, 0) is 22.9 Å². The van der Waals surface area contributed by atoms with Crippen LogP contribution in [0.1, 0.15) is 64.7 Å². The molecule has 0 rings (SSSR count). The van der Waals surface area contributed by atoms with E-state index >= 15 is 0 Å². The Morgan fingerprint density at radius 3 is 2.27 bits per heavy atom. The van der Waals surface area contributed by atoms with Crippen molar-refractivity contribution >= 4 is 20.8 Å². The fraction of sp³-hybridized carbons (Fsp3) is 0.889. The van der Waals surface area contributed by atoms with Gasteiger partial charge in [0.1, 0.15) is 0 Å². The van der Waals surface area contributed by atoms with Crippen molar-refractivity contribution in [3.05, 3.63) is 0 Å². The summed E-state index contributed by atoms with van der Waals surface area (Å²) in [5.74, 6) is 0.0179. The average molecular weight is 389 g/mol. The number of hydrogen-bond donors (Lipinski definition) is 1. The molecule has 1 unspecified atom stereocenters. The summed E-state index contributed by atoms with van der Waals surface area (Å²) in [6, 6.07) is 0.652. The molecule has 0 heterocycles. The van der Waals surface area contributed by atoms with E-state index in [0.717, 1.165) is 38.5 Å². The molecule has 152 valence electrons. The van der Waals surface area contributed by atoms with Crippen LogP contribution < -0.4 is 5.32 Å². The molecule has 0 radical (unpaired) electrons. The minimum atomic E-state index is -2.56. The van der Waals surface area contributed by atoms with Crippen molar-refractivity contribution in [2.24, 2.45) is 4.99 Å². The summed E-state index contributed by atoms with van der Waals surface area (Å²) in [5, 5.41) is 2.90. The van der Waals surface area contributed by atoms with Gasteiger partial charge in [0.25, 0.3) is 0 Å². The van der Waals surface area contributed by atoms with Crippen molar-refractivity contribution in [3.63, 3.8) is 0 Å². The third-order valence-electron chi connectivity index (χ3n) is 4.48. The predicted octanol–water partition coefficient (Wildman–Crippen LogP) is 3.22. The Morgan fingerprint density at radius 2 is 1.69 bits per heavy atom. The zero-order chi connectivity index (χ0) is 19.7. The SMILES string of the molecule is CCCCCCC(CCCC(=O)NCCC[Si](OC)(OC)OC)N=C=O. The molecule has 7 nitrogen and oxygen atoms in total. The number of rotatable bonds is 17. The van der Waals surface area contributed by atoms with Gasteiger partial charge in [-0.3, -0.25) is 4.79 Å². The Morgan fingerprint density at radius 1 is 1.04 bits per heavy atom. The number of isocyanates is 1. The van der Waals surface area contributed by atoms with Gasteiger partial charge in [-0.05, 0) is 25.7 Å². The molecule has 0 aliphatic rings. The van der Waals surface area contributed by atoms with E-state index in [1.54, 1.807) is 27.4 Å². The number of aliphatic imine (C=N–C) groups is 1. The molecule has 0 saturated carbocycles. The molecule has 0 saturated heterocycles. The van der Waals surface area contributed by atoms with Gasteiger partial charge in [0.2, 0.25) is 12.0 Å². The Labute approximate surface area is 159 Å². The first kappa shape index (κ1) is 24.9. The molecule has 0 aromatic heterocycles. The Kier molecular flexibility index (Phi) is 15.5. The van der Waals surface area contributed by atoms with Crippen LogP contribution in [-0.4, -0.2) is 54.7 Å². The Hall–Kier alpha value is -1.05. The normalized spacial score (nSPS) is 12.5. The van der Waals surface area contributed by atoms with E-state index in [1.807, 2.05) is 0 Å². The van der Waals surface area contributed by atoms with Crippen molar-refractivity contribution in [2.75, 3.05) is 27.9 Å². The summed E-state index contributed by atoms with van der Waals surface area (Å²) in [5.41, 5.74) is 0. The molecular weight excluding hydrogens is 352 g/mol. The molecule has 8 heteroatoms. The monoisotopic (exact) mass is 388 g/mol. The standard InChI is InChI=1S/C18H36N2O5Si/c1-5-6-7-8-11-17(20-16-21)12-9-13-18(22)19-14-10-15-26(23-2,24-3)25-4/h17H,5-15H2,1-4H3,(H,19,22). The molecule has 1 atom stereocenters. The molecular formula is C18H36N2O5Si. The van der Waals surface area contributed by atoms with Crippen molar-refractivity contribution < 1.29 is 22.9 Å². The molecule has 1 N–H and O–H groups in total. The van der Waals surface area contributed by atoms with Gasteiger partial charge in [0, 0.05) is 40.3 Å². The lowest BCUT2D eigenvalue weighted by Gasteiger charge is -2.24. The second kappa shape index (κ2) is 16.1. The van der Waals surface area contributed by atoms with Crippen LogP contribution in [0.25, 0.3) is 0 Å². The van der Waals surface area contributed by atoms with Gasteiger partial charge in [-0.1, -0.05) is 32.6 Å². The molecule has 0 spiro atoms. The molecule has 0 aromatic rings. The van der Waals surface area contributed by atoms with Crippen molar-refractivity contribution in [3.8, 4) is 0 Å². The van der Waals surface area contributed by atoms with Gasteiger partial charge in [0.05, 0.1) is 6.04 Å². The minimum absolute atomic E-state index is 0.00567. The molecule has 0 bridgehead atoms. The maximum absolute atomic E-state index is 11.9.